The molecule has 0 N–H and O–H groups in total. The van der Waals surface area contributed by atoms with Gasteiger partial charge in [-0.15, -0.1) is 0 Å². The molecule has 4 nitrogen and oxygen atoms in total. The van der Waals surface area contributed by atoms with E-state index < -0.39 is 15.0 Å². The summed E-state index contributed by atoms with van der Waals surface area (Å²) < 4.78 is 26.8. The molecular weight excluding hydrogens is 252 g/mol. The molecule has 86 valence electrons. The lowest BCUT2D eigenvalue weighted by Gasteiger charge is -2.00. The van der Waals surface area contributed by atoms with Crippen LogP contribution in [0.15, 0.2) is 35.2 Å². The van der Waals surface area contributed by atoms with Crippen molar-refractivity contribution in [2.24, 2.45) is 0 Å². The van der Waals surface area contributed by atoms with Crippen LogP contribution < -0.4 is 0 Å². The highest BCUT2D eigenvalue weighted by Crippen LogP contribution is 2.20. The monoisotopic (exact) mass is 260 g/mol. The van der Waals surface area contributed by atoms with Crippen molar-refractivity contribution in [2.75, 3.05) is 7.11 Å². The summed E-state index contributed by atoms with van der Waals surface area (Å²) in [5.74, 6) is -0.568. The normalized spacial score (nSPS) is 11.6. The predicted molar refractivity (Wildman–Crippen MR) is 60.5 cm³/mol. The van der Waals surface area contributed by atoms with Crippen molar-refractivity contribution in [1.29, 1.82) is 0 Å². The van der Waals surface area contributed by atoms with E-state index in [1.807, 2.05) is 0 Å². The number of carbonyl (C=O) groups is 1. The standard InChI is InChI=1S/C10H9ClO4S/c1-15-10(12)7-6-8-4-2-3-5-9(8)16(11,13)14/h2-7H,1H3/b7-6+. The van der Waals surface area contributed by atoms with Crippen molar-refractivity contribution in [3.63, 3.8) is 0 Å². The summed E-state index contributed by atoms with van der Waals surface area (Å²) in [5, 5.41) is 0. The SMILES string of the molecule is COC(=O)/C=C/c1ccccc1S(=O)(=O)Cl. The molecule has 1 aromatic carbocycles. The minimum atomic E-state index is -3.82. The molecule has 0 saturated heterocycles. The van der Waals surface area contributed by atoms with Gasteiger partial charge in [0, 0.05) is 16.8 Å². The molecule has 0 aliphatic heterocycles. The van der Waals surface area contributed by atoms with Crippen molar-refractivity contribution in [2.45, 2.75) is 4.90 Å². The number of hydrogen-bond acceptors (Lipinski definition) is 4. The first-order valence-electron chi connectivity index (χ1n) is 4.25. The van der Waals surface area contributed by atoms with Crippen LogP contribution in [-0.4, -0.2) is 21.5 Å². The van der Waals surface area contributed by atoms with E-state index >= 15 is 0 Å². The lowest BCUT2D eigenvalue weighted by Crippen LogP contribution is -1.96. The van der Waals surface area contributed by atoms with Crippen molar-refractivity contribution >= 4 is 31.8 Å². The molecule has 0 spiro atoms. The number of halogens is 1. The Balaban J connectivity index is 3.15. The summed E-state index contributed by atoms with van der Waals surface area (Å²) >= 11 is 0. The van der Waals surface area contributed by atoms with Crippen LogP contribution >= 0.6 is 10.7 Å². The molecule has 0 aliphatic rings. The van der Waals surface area contributed by atoms with Gasteiger partial charge in [0.15, 0.2) is 0 Å². The highest BCUT2D eigenvalue weighted by atomic mass is 35.7. The lowest BCUT2D eigenvalue weighted by atomic mass is 10.2. The zero-order valence-corrected chi connectivity index (χ0v) is 9.96. The Bertz CT molecular complexity index is 519. The van der Waals surface area contributed by atoms with Crippen LogP contribution in [0.5, 0.6) is 0 Å². The summed E-state index contributed by atoms with van der Waals surface area (Å²) in [6, 6.07) is 6.08. The van der Waals surface area contributed by atoms with Crippen LogP contribution in [0.4, 0.5) is 0 Å². The number of methoxy groups -OCH3 is 1. The van der Waals surface area contributed by atoms with E-state index in [-0.39, 0.29) is 4.90 Å². The Morgan fingerprint density at radius 1 is 1.38 bits per heavy atom. The second-order valence-electron chi connectivity index (χ2n) is 2.83. The summed E-state index contributed by atoms with van der Waals surface area (Å²) in [5.41, 5.74) is 0.336. The van der Waals surface area contributed by atoms with Gasteiger partial charge in [-0.1, -0.05) is 18.2 Å². The van der Waals surface area contributed by atoms with Crippen LogP contribution in [0.1, 0.15) is 5.56 Å². The van der Waals surface area contributed by atoms with Crippen LogP contribution in [0.25, 0.3) is 6.08 Å². The van der Waals surface area contributed by atoms with Gasteiger partial charge in [-0.05, 0) is 17.7 Å². The molecule has 0 heterocycles. The van der Waals surface area contributed by atoms with Crippen molar-refractivity contribution in [3.05, 3.63) is 35.9 Å². The Hall–Kier alpha value is -1.33. The van der Waals surface area contributed by atoms with Gasteiger partial charge in [0.1, 0.15) is 0 Å². The Kier molecular flexibility index (Phi) is 4.09. The van der Waals surface area contributed by atoms with Crippen molar-refractivity contribution in [3.8, 4) is 0 Å². The molecule has 0 radical (unpaired) electrons. The fraction of sp³-hybridized carbons (Fsp3) is 0.100. The maximum Gasteiger partial charge on any atom is 0.330 e. The predicted octanol–water partition coefficient (Wildman–Crippen LogP) is 1.80. The van der Waals surface area contributed by atoms with Crippen LogP contribution in [-0.2, 0) is 18.6 Å². The zero-order chi connectivity index (χ0) is 12.2. The number of carbonyl (C=O) groups excluding carboxylic acids is 1. The fourth-order valence-electron chi connectivity index (χ4n) is 1.07. The van der Waals surface area contributed by atoms with Gasteiger partial charge in [0.25, 0.3) is 9.05 Å². The summed E-state index contributed by atoms with van der Waals surface area (Å²) in [6.07, 6.45) is 2.46. The second kappa shape index (κ2) is 5.14. The van der Waals surface area contributed by atoms with Crippen LogP contribution in [0.3, 0.4) is 0 Å². The van der Waals surface area contributed by atoms with E-state index in [0.29, 0.717) is 5.56 Å². The Morgan fingerprint density at radius 2 is 2.00 bits per heavy atom. The third-order valence-corrected chi connectivity index (χ3v) is 3.18. The third-order valence-electron chi connectivity index (χ3n) is 1.78. The van der Waals surface area contributed by atoms with Gasteiger partial charge in [0.2, 0.25) is 0 Å². The van der Waals surface area contributed by atoms with E-state index in [1.54, 1.807) is 12.1 Å². The molecule has 1 rings (SSSR count). The zero-order valence-electron chi connectivity index (χ0n) is 8.38. The molecule has 0 bridgehead atoms. The lowest BCUT2D eigenvalue weighted by molar-refractivity contribution is -0.134. The molecule has 0 fully saturated rings. The van der Waals surface area contributed by atoms with E-state index in [0.717, 1.165) is 6.08 Å². The van der Waals surface area contributed by atoms with Gasteiger partial charge in [-0.3, -0.25) is 0 Å². The van der Waals surface area contributed by atoms with Gasteiger partial charge >= 0.3 is 5.97 Å². The summed E-state index contributed by atoms with van der Waals surface area (Å²) in [4.78, 5) is 10.8. The first-order valence-corrected chi connectivity index (χ1v) is 6.56. The second-order valence-corrected chi connectivity index (χ2v) is 5.37. The topological polar surface area (TPSA) is 60.4 Å². The van der Waals surface area contributed by atoms with Crippen molar-refractivity contribution < 1.29 is 17.9 Å². The molecule has 6 heteroatoms. The quantitative estimate of drug-likeness (QED) is 0.472. The molecule has 0 aliphatic carbocycles. The van der Waals surface area contributed by atoms with E-state index in [1.165, 1.54) is 25.3 Å². The molecule has 0 atom stereocenters. The average molecular weight is 261 g/mol. The van der Waals surface area contributed by atoms with Gasteiger partial charge in [-0.2, -0.15) is 0 Å². The fourth-order valence-corrected chi connectivity index (χ4v) is 2.15. The van der Waals surface area contributed by atoms with E-state index in [2.05, 4.69) is 4.74 Å². The van der Waals surface area contributed by atoms with Crippen LogP contribution in [0.2, 0.25) is 0 Å². The first-order chi connectivity index (χ1) is 7.45. The number of hydrogen-bond donors (Lipinski definition) is 0. The minimum Gasteiger partial charge on any atom is -0.466 e. The Labute approximate surface area is 97.9 Å². The summed E-state index contributed by atoms with van der Waals surface area (Å²) in [6.45, 7) is 0. The molecular formula is C10H9ClO4S. The summed E-state index contributed by atoms with van der Waals surface area (Å²) in [7, 11) is 2.65. The largest absolute Gasteiger partial charge is 0.466 e. The number of ether oxygens (including phenoxy) is 1. The maximum absolute atomic E-state index is 11.2. The third kappa shape index (κ3) is 3.36. The molecule has 0 amide bonds. The number of rotatable bonds is 3. The van der Waals surface area contributed by atoms with Gasteiger partial charge in [-0.25, -0.2) is 13.2 Å². The van der Waals surface area contributed by atoms with Gasteiger partial charge in [0.05, 0.1) is 12.0 Å². The Morgan fingerprint density at radius 3 is 2.56 bits per heavy atom. The smallest absolute Gasteiger partial charge is 0.330 e. The number of esters is 1. The molecule has 0 aromatic heterocycles. The van der Waals surface area contributed by atoms with E-state index in [9.17, 15) is 13.2 Å². The first kappa shape index (κ1) is 12.7. The van der Waals surface area contributed by atoms with Crippen molar-refractivity contribution in [1.82, 2.24) is 0 Å². The van der Waals surface area contributed by atoms with Crippen LogP contribution in [0, 0.1) is 0 Å². The highest BCUT2D eigenvalue weighted by Gasteiger charge is 2.13. The minimum absolute atomic E-state index is 0.0446. The molecule has 1 aromatic rings. The molecule has 0 saturated carbocycles. The average Bonchev–Trinajstić information content (AvgIpc) is 2.25. The van der Waals surface area contributed by atoms with E-state index in [4.69, 9.17) is 10.7 Å². The molecule has 16 heavy (non-hydrogen) atoms. The highest BCUT2D eigenvalue weighted by molar-refractivity contribution is 8.13. The maximum atomic E-state index is 11.2. The van der Waals surface area contributed by atoms with Gasteiger partial charge < -0.3 is 4.74 Å². The number of benzene rings is 1. The molecule has 0 unspecified atom stereocenters.